The van der Waals surface area contributed by atoms with Gasteiger partial charge in [0, 0.05) is 17.0 Å². The highest BCUT2D eigenvalue weighted by Gasteiger charge is 2.15. The number of carbonyl (C=O) groups excluding carboxylic acids is 1. The van der Waals surface area contributed by atoms with Gasteiger partial charge in [0.2, 0.25) is 0 Å². The minimum absolute atomic E-state index is 0.150. The van der Waals surface area contributed by atoms with E-state index in [9.17, 15) is 9.59 Å². The van der Waals surface area contributed by atoms with E-state index in [4.69, 9.17) is 5.11 Å². The fraction of sp³-hybridized carbons (Fsp3) is 0.467. The van der Waals surface area contributed by atoms with Crippen molar-refractivity contribution in [3.63, 3.8) is 0 Å². The van der Waals surface area contributed by atoms with Crippen molar-refractivity contribution in [3.05, 3.63) is 28.0 Å². The van der Waals surface area contributed by atoms with Crippen molar-refractivity contribution in [1.82, 2.24) is 10.6 Å². The van der Waals surface area contributed by atoms with Gasteiger partial charge in [-0.2, -0.15) is 0 Å². The molecule has 1 aliphatic carbocycles. The van der Waals surface area contributed by atoms with Gasteiger partial charge in [-0.3, -0.25) is 0 Å². The molecule has 1 saturated carbocycles. The second-order valence-corrected chi connectivity index (χ2v) is 6.13. The lowest BCUT2D eigenvalue weighted by Gasteiger charge is -2.22. The summed E-state index contributed by atoms with van der Waals surface area (Å²) in [4.78, 5) is 23.3. The molecule has 0 radical (unpaired) electrons. The van der Waals surface area contributed by atoms with Gasteiger partial charge in [0.25, 0.3) is 0 Å². The Labute approximate surface area is 128 Å². The van der Waals surface area contributed by atoms with Crippen LogP contribution in [-0.2, 0) is 11.3 Å². The predicted molar refractivity (Wildman–Crippen MR) is 83.2 cm³/mol. The van der Waals surface area contributed by atoms with E-state index >= 15 is 0 Å². The Morgan fingerprint density at radius 1 is 1.33 bits per heavy atom. The summed E-state index contributed by atoms with van der Waals surface area (Å²) < 4.78 is 0. The molecule has 0 aromatic carbocycles. The number of carbonyl (C=O) groups is 2. The van der Waals surface area contributed by atoms with E-state index in [0.29, 0.717) is 6.54 Å². The third kappa shape index (κ3) is 5.23. The van der Waals surface area contributed by atoms with Crippen LogP contribution >= 0.6 is 11.3 Å². The van der Waals surface area contributed by atoms with Crippen LogP contribution < -0.4 is 10.6 Å². The second-order valence-electron chi connectivity index (χ2n) is 5.13. The van der Waals surface area contributed by atoms with Crippen molar-refractivity contribution >= 4 is 29.4 Å². The van der Waals surface area contributed by atoms with Gasteiger partial charge in [0.1, 0.15) is 0 Å². The van der Waals surface area contributed by atoms with E-state index in [1.807, 2.05) is 11.4 Å². The number of hydrogen-bond donors (Lipinski definition) is 3. The van der Waals surface area contributed by atoms with Crippen LogP contribution in [-0.4, -0.2) is 23.1 Å². The first kappa shape index (κ1) is 15.6. The molecule has 2 amide bonds. The molecule has 1 fully saturated rings. The number of rotatable bonds is 5. The molecule has 1 aromatic rings. The zero-order valence-corrected chi connectivity index (χ0v) is 12.6. The van der Waals surface area contributed by atoms with Crippen LogP contribution in [0.4, 0.5) is 4.79 Å². The molecule has 3 N–H and O–H groups in total. The Hall–Kier alpha value is -1.82. The van der Waals surface area contributed by atoms with Crippen molar-refractivity contribution in [1.29, 1.82) is 0 Å². The number of hydrogen-bond acceptors (Lipinski definition) is 3. The summed E-state index contributed by atoms with van der Waals surface area (Å²) >= 11 is 1.50. The van der Waals surface area contributed by atoms with Gasteiger partial charge in [0.05, 0.1) is 6.54 Å². The summed E-state index contributed by atoms with van der Waals surface area (Å²) in [6, 6.07) is 1.98. The van der Waals surface area contributed by atoms with Crippen LogP contribution in [0.5, 0.6) is 0 Å². The smallest absolute Gasteiger partial charge is 0.328 e. The monoisotopic (exact) mass is 308 g/mol. The minimum atomic E-state index is -0.977. The largest absolute Gasteiger partial charge is 0.478 e. The second kappa shape index (κ2) is 7.83. The Balaban J connectivity index is 1.81. The average Bonchev–Trinajstić information content (AvgIpc) is 2.91. The molecule has 0 atom stereocenters. The summed E-state index contributed by atoms with van der Waals surface area (Å²) in [5, 5.41) is 16.4. The molecule has 1 heterocycles. The maximum Gasteiger partial charge on any atom is 0.328 e. The summed E-state index contributed by atoms with van der Waals surface area (Å²) in [5.41, 5.74) is 0.834. The molecule has 0 unspecified atom stereocenters. The van der Waals surface area contributed by atoms with Gasteiger partial charge in [-0.1, -0.05) is 19.3 Å². The van der Waals surface area contributed by atoms with Crippen LogP contribution in [0, 0.1) is 0 Å². The van der Waals surface area contributed by atoms with Gasteiger partial charge >= 0.3 is 12.0 Å². The summed E-state index contributed by atoms with van der Waals surface area (Å²) in [5.74, 6) is -0.977. The van der Waals surface area contributed by atoms with Gasteiger partial charge in [0.15, 0.2) is 0 Å². The zero-order valence-electron chi connectivity index (χ0n) is 11.8. The molecule has 1 aliphatic rings. The third-order valence-electron chi connectivity index (χ3n) is 3.54. The van der Waals surface area contributed by atoms with E-state index in [1.54, 1.807) is 6.08 Å². The zero-order chi connectivity index (χ0) is 15.1. The van der Waals surface area contributed by atoms with Gasteiger partial charge in [-0.05, 0) is 35.9 Å². The predicted octanol–water partition coefficient (Wildman–Crippen LogP) is 2.98. The molecule has 0 spiro atoms. The highest BCUT2D eigenvalue weighted by atomic mass is 32.1. The number of carboxylic acids is 1. The van der Waals surface area contributed by atoms with Gasteiger partial charge in [-0.15, -0.1) is 11.3 Å². The lowest BCUT2D eigenvalue weighted by atomic mass is 9.96. The first-order valence-electron chi connectivity index (χ1n) is 7.17. The van der Waals surface area contributed by atoms with Crippen LogP contribution in [0.25, 0.3) is 6.08 Å². The molecule has 0 saturated heterocycles. The Kier molecular flexibility index (Phi) is 5.80. The molecule has 21 heavy (non-hydrogen) atoms. The Morgan fingerprint density at radius 3 is 2.81 bits per heavy atom. The fourth-order valence-corrected chi connectivity index (χ4v) is 3.25. The molecule has 114 valence electrons. The number of carboxylic acid groups (broad SMARTS) is 1. The average molecular weight is 308 g/mol. The lowest BCUT2D eigenvalue weighted by Crippen LogP contribution is -2.42. The summed E-state index contributed by atoms with van der Waals surface area (Å²) in [7, 11) is 0. The number of nitrogens with one attached hydrogen (secondary N) is 2. The van der Waals surface area contributed by atoms with Crippen molar-refractivity contribution in [2.24, 2.45) is 0 Å². The van der Waals surface area contributed by atoms with Gasteiger partial charge in [-0.25, -0.2) is 9.59 Å². The number of urea groups is 1. The van der Waals surface area contributed by atoms with Crippen molar-refractivity contribution < 1.29 is 14.7 Å². The van der Waals surface area contributed by atoms with Crippen molar-refractivity contribution in [3.8, 4) is 0 Å². The normalized spacial score (nSPS) is 16.0. The molecule has 0 bridgehead atoms. The fourth-order valence-electron chi connectivity index (χ4n) is 2.45. The SMILES string of the molecule is O=C(O)/C=C/c1ccsc1CNC(=O)NC1CCCCC1. The van der Waals surface area contributed by atoms with Crippen LogP contribution in [0.3, 0.4) is 0 Å². The topological polar surface area (TPSA) is 78.4 Å². The maximum absolute atomic E-state index is 11.9. The Morgan fingerprint density at radius 2 is 2.10 bits per heavy atom. The number of thiophene rings is 1. The standard InChI is InChI=1S/C15H20N2O3S/c18-14(19)7-6-11-8-9-21-13(11)10-16-15(20)17-12-4-2-1-3-5-12/h6-9,12H,1-5,10H2,(H,18,19)(H2,16,17,20)/b7-6+. The molecule has 0 aliphatic heterocycles. The van der Waals surface area contributed by atoms with Crippen LogP contribution in [0.2, 0.25) is 0 Å². The first-order chi connectivity index (χ1) is 10.1. The maximum atomic E-state index is 11.9. The van der Waals surface area contributed by atoms with Crippen molar-refractivity contribution in [2.45, 2.75) is 44.7 Å². The van der Waals surface area contributed by atoms with E-state index in [0.717, 1.165) is 29.4 Å². The van der Waals surface area contributed by atoms with Crippen molar-refractivity contribution in [2.75, 3.05) is 0 Å². The van der Waals surface area contributed by atoms with E-state index < -0.39 is 5.97 Å². The quantitative estimate of drug-likeness (QED) is 0.732. The molecular weight excluding hydrogens is 288 g/mol. The van der Waals surface area contributed by atoms with E-state index in [-0.39, 0.29) is 12.1 Å². The molecule has 2 rings (SSSR count). The molecule has 6 heteroatoms. The van der Waals surface area contributed by atoms with Gasteiger partial charge < -0.3 is 15.7 Å². The minimum Gasteiger partial charge on any atom is -0.478 e. The Bertz CT molecular complexity index is 519. The highest BCUT2D eigenvalue weighted by molar-refractivity contribution is 7.10. The number of amides is 2. The van der Waals surface area contributed by atoms with Crippen LogP contribution in [0.15, 0.2) is 17.5 Å². The third-order valence-corrected chi connectivity index (χ3v) is 4.47. The summed E-state index contributed by atoms with van der Waals surface area (Å²) in [6.07, 6.45) is 8.38. The molecular formula is C15H20N2O3S. The van der Waals surface area contributed by atoms with Crippen LogP contribution in [0.1, 0.15) is 42.5 Å². The molecule has 5 nitrogen and oxygen atoms in total. The number of aliphatic carboxylic acids is 1. The van der Waals surface area contributed by atoms with E-state index in [2.05, 4.69) is 10.6 Å². The molecule has 1 aromatic heterocycles. The first-order valence-corrected chi connectivity index (χ1v) is 8.05. The van der Waals surface area contributed by atoms with E-state index in [1.165, 1.54) is 30.6 Å². The highest BCUT2D eigenvalue weighted by Crippen LogP contribution is 2.19. The lowest BCUT2D eigenvalue weighted by molar-refractivity contribution is -0.131. The summed E-state index contributed by atoms with van der Waals surface area (Å²) in [6.45, 7) is 0.412.